The fourth-order valence-corrected chi connectivity index (χ4v) is 5.76. The monoisotopic (exact) mass is 439 g/mol. The van der Waals surface area contributed by atoms with Gasteiger partial charge in [-0.05, 0) is 48.4 Å². The van der Waals surface area contributed by atoms with Crippen molar-refractivity contribution in [3.63, 3.8) is 0 Å². The van der Waals surface area contributed by atoms with E-state index >= 15 is 0 Å². The molecular weight excluding hydrogens is 420 g/mol. The van der Waals surface area contributed by atoms with Gasteiger partial charge in [-0.1, -0.05) is 5.16 Å². The van der Waals surface area contributed by atoms with Gasteiger partial charge in [-0.25, -0.2) is 21.5 Å². The number of halogens is 2. The van der Waals surface area contributed by atoms with Crippen LogP contribution >= 0.6 is 11.3 Å². The highest BCUT2D eigenvalue weighted by Gasteiger charge is 2.31. The first-order chi connectivity index (χ1) is 13.9. The highest BCUT2D eigenvalue weighted by atomic mass is 32.2. The zero-order valence-electron chi connectivity index (χ0n) is 15.4. The van der Waals surface area contributed by atoms with Crippen LogP contribution in [0.1, 0.15) is 24.3 Å². The van der Waals surface area contributed by atoms with Gasteiger partial charge in [0.25, 0.3) is 0 Å². The van der Waals surface area contributed by atoms with Crippen LogP contribution in [0.4, 0.5) is 8.78 Å². The van der Waals surface area contributed by atoms with Crippen LogP contribution in [-0.4, -0.2) is 36.0 Å². The van der Waals surface area contributed by atoms with E-state index in [1.807, 2.05) is 16.8 Å². The van der Waals surface area contributed by atoms with Gasteiger partial charge in [-0.15, -0.1) is 0 Å². The molecule has 0 aliphatic carbocycles. The van der Waals surface area contributed by atoms with Crippen LogP contribution in [0.2, 0.25) is 0 Å². The van der Waals surface area contributed by atoms with Gasteiger partial charge >= 0.3 is 0 Å². The normalized spacial score (nSPS) is 18.2. The van der Waals surface area contributed by atoms with Crippen LogP contribution < -0.4 is 0 Å². The van der Waals surface area contributed by atoms with Gasteiger partial charge in [0, 0.05) is 36.0 Å². The molecule has 0 unspecified atom stereocenters. The van der Waals surface area contributed by atoms with E-state index < -0.39 is 27.4 Å². The number of hydrogen-bond acceptors (Lipinski definition) is 6. The van der Waals surface area contributed by atoms with Crippen molar-refractivity contribution < 1.29 is 21.7 Å². The van der Waals surface area contributed by atoms with Gasteiger partial charge in [-0.2, -0.15) is 16.3 Å². The van der Waals surface area contributed by atoms with Crippen LogP contribution in [0.5, 0.6) is 0 Å². The third-order valence-electron chi connectivity index (χ3n) is 4.93. The van der Waals surface area contributed by atoms with E-state index in [0.717, 1.165) is 30.2 Å². The Bertz CT molecular complexity index is 1080. The number of benzene rings is 1. The first kappa shape index (κ1) is 20.1. The van der Waals surface area contributed by atoms with Crippen molar-refractivity contribution in [3.05, 3.63) is 58.1 Å². The van der Waals surface area contributed by atoms with Crippen molar-refractivity contribution in [1.82, 2.24) is 14.4 Å². The second-order valence-corrected chi connectivity index (χ2v) is 9.84. The van der Waals surface area contributed by atoms with Crippen LogP contribution in [0.25, 0.3) is 11.4 Å². The zero-order chi connectivity index (χ0) is 20.4. The topological polar surface area (TPSA) is 76.3 Å². The van der Waals surface area contributed by atoms with Crippen LogP contribution in [-0.2, 0) is 22.2 Å². The molecule has 0 radical (unpaired) electrons. The summed E-state index contributed by atoms with van der Waals surface area (Å²) in [6.45, 7) is 0.648. The van der Waals surface area contributed by atoms with E-state index in [-0.39, 0.29) is 18.0 Å². The molecule has 3 aromatic rings. The molecule has 6 nitrogen and oxygen atoms in total. The van der Waals surface area contributed by atoms with Gasteiger partial charge in [-0.3, -0.25) is 0 Å². The minimum atomic E-state index is -3.77. The summed E-state index contributed by atoms with van der Waals surface area (Å²) in [6, 6.07) is 4.75. The van der Waals surface area contributed by atoms with Gasteiger partial charge in [0.2, 0.25) is 21.7 Å². The zero-order valence-corrected chi connectivity index (χ0v) is 17.1. The molecule has 1 aromatic carbocycles. The Hall–Kier alpha value is -2.17. The summed E-state index contributed by atoms with van der Waals surface area (Å²) in [5.41, 5.74) is 0.722. The molecule has 0 N–H and O–H groups in total. The quantitative estimate of drug-likeness (QED) is 0.583. The highest BCUT2D eigenvalue weighted by molar-refractivity contribution is 7.88. The lowest BCUT2D eigenvalue weighted by molar-refractivity contribution is 0.246. The maximum Gasteiger partial charge on any atom is 0.227 e. The molecule has 1 atom stereocenters. The van der Waals surface area contributed by atoms with Gasteiger partial charge in [0.05, 0.1) is 5.75 Å². The molecule has 4 rings (SSSR count). The van der Waals surface area contributed by atoms with Crippen LogP contribution in [0.15, 0.2) is 39.5 Å². The average molecular weight is 440 g/mol. The summed E-state index contributed by atoms with van der Waals surface area (Å²) in [5, 5.41) is 7.83. The predicted molar refractivity (Wildman–Crippen MR) is 105 cm³/mol. The standard InChI is InChI=1S/C19H19F2N3O3S2/c20-16-3-4-17(21)15(9-16)12-29(25,26)24-6-1-2-13(10-24)8-18-22-19(23-27-18)14-5-7-28-11-14/h3-5,7,9,11,13H,1-2,6,8,10,12H2/t13-/m1/s1. The summed E-state index contributed by atoms with van der Waals surface area (Å²) < 4.78 is 59.4. The molecule has 10 heteroatoms. The smallest absolute Gasteiger partial charge is 0.227 e. The van der Waals surface area contributed by atoms with Crippen LogP contribution in [0.3, 0.4) is 0 Å². The van der Waals surface area contributed by atoms with Gasteiger partial charge in [0.1, 0.15) is 11.6 Å². The number of thiophene rings is 1. The van der Waals surface area contributed by atoms with Crippen molar-refractivity contribution in [2.45, 2.75) is 25.0 Å². The molecule has 154 valence electrons. The molecule has 29 heavy (non-hydrogen) atoms. The minimum Gasteiger partial charge on any atom is -0.339 e. The van der Waals surface area contributed by atoms with Crippen molar-refractivity contribution >= 4 is 21.4 Å². The largest absolute Gasteiger partial charge is 0.339 e. The van der Waals surface area contributed by atoms with E-state index in [2.05, 4.69) is 10.1 Å². The second kappa shape index (κ2) is 8.29. The van der Waals surface area contributed by atoms with Gasteiger partial charge in [0.15, 0.2) is 0 Å². The average Bonchev–Trinajstić information content (AvgIpc) is 3.36. The van der Waals surface area contributed by atoms with E-state index in [1.165, 1.54) is 15.6 Å². The molecule has 0 saturated carbocycles. The molecule has 1 fully saturated rings. The summed E-state index contributed by atoms with van der Waals surface area (Å²) in [4.78, 5) is 4.39. The third kappa shape index (κ3) is 4.71. The second-order valence-electron chi connectivity index (χ2n) is 7.09. The highest BCUT2D eigenvalue weighted by Crippen LogP contribution is 2.26. The van der Waals surface area contributed by atoms with E-state index in [9.17, 15) is 17.2 Å². The van der Waals surface area contributed by atoms with Crippen molar-refractivity contribution in [3.8, 4) is 11.4 Å². The Morgan fingerprint density at radius 1 is 1.28 bits per heavy atom. The number of piperidine rings is 1. The summed E-state index contributed by atoms with van der Waals surface area (Å²) in [7, 11) is -3.77. The Morgan fingerprint density at radius 2 is 2.14 bits per heavy atom. The fraction of sp³-hybridized carbons (Fsp3) is 0.368. The van der Waals surface area contributed by atoms with E-state index in [1.54, 1.807) is 0 Å². The number of nitrogens with zero attached hydrogens (tertiary/aromatic N) is 3. The molecule has 0 amide bonds. The maximum atomic E-state index is 13.9. The molecule has 0 bridgehead atoms. The molecule has 1 saturated heterocycles. The lowest BCUT2D eigenvalue weighted by Gasteiger charge is -2.31. The molecule has 2 aromatic heterocycles. The number of sulfonamides is 1. The SMILES string of the molecule is O=S(=O)(Cc1cc(F)ccc1F)N1CCC[C@H](Cc2nc(-c3ccsc3)no2)C1. The van der Waals surface area contributed by atoms with E-state index in [0.29, 0.717) is 31.1 Å². The Labute approximate surface area is 171 Å². The Balaban J connectivity index is 1.43. The number of aromatic nitrogens is 2. The molecule has 0 spiro atoms. The predicted octanol–water partition coefficient (Wildman–Crippen LogP) is 3.86. The first-order valence-electron chi connectivity index (χ1n) is 9.17. The number of rotatable bonds is 6. The summed E-state index contributed by atoms with van der Waals surface area (Å²) in [6.07, 6.45) is 1.98. The Morgan fingerprint density at radius 3 is 2.93 bits per heavy atom. The lowest BCUT2D eigenvalue weighted by Crippen LogP contribution is -2.41. The van der Waals surface area contributed by atoms with Crippen molar-refractivity contribution in [2.75, 3.05) is 13.1 Å². The molecule has 1 aliphatic rings. The van der Waals surface area contributed by atoms with Crippen LogP contribution in [0, 0.1) is 17.6 Å². The molecule has 1 aliphatic heterocycles. The van der Waals surface area contributed by atoms with Crippen molar-refractivity contribution in [1.29, 1.82) is 0 Å². The molecule has 3 heterocycles. The number of hydrogen-bond donors (Lipinski definition) is 0. The molecular formula is C19H19F2N3O3S2. The first-order valence-corrected chi connectivity index (χ1v) is 11.7. The maximum absolute atomic E-state index is 13.9. The van der Waals surface area contributed by atoms with E-state index in [4.69, 9.17) is 4.52 Å². The summed E-state index contributed by atoms with van der Waals surface area (Å²) in [5.74, 6) is -0.950. The minimum absolute atomic E-state index is 0.0201. The van der Waals surface area contributed by atoms with Gasteiger partial charge < -0.3 is 4.52 Å². The third-order valence-corrected chi connectivity index (χ3v) is 7.41. The fourth-order valence-electron chi connectivity index (χ4n) is 3.48. The lowest BCUT2D eigenvalue weighted by atomic mass is 9.96. The Kier molecular flexibility index (Phi) is 5.75. The van der Waals surface area contributed by atoms with Crippen molar-refractivity contribution in [2.24, 2.45) is 5.92 Å². The summed E-state index contributed by atoms with van der Waals surface area (Å²) >= 11 is 1.54.